The molecule has 0 bridgehead atoms. The second-order valence-corrected chi connectivity index (χ2v) is 10.1. The van der Waals surface area contributed by atoms with Gasteiger partial charge in [-0.1, -0.05) is 35.9 Å². The number of ether oxygens (including phenoxy) is 2. The molecule has 1 heterocycles. The van der Waals surface area contributed by atoms with Gasteiger partial charge >= 0.3 is 6.09 Å². The van der Waals surface area contributed by atoms with E-state index >= 15 is 0 Å². The predicted octanol–water partition coefficient (Wildman–Crippen LogP) is 4.89. The van der Waals surface area contributed by atoms with E-state index in [0.29, 0.717) is 34.2 Å². The van der Waals surface area contributed by atoms with Crippen molar-refractivity contribution in [2.45, 2.75) is 51.5 Å². The number of carbonyl (C=O) groups excluding carboxylic acids is 1. The molecule has 2 atom stereocenters. The summed E-state index contributed by atoms with van der Waals surface area (Å²) in [6.45, 7) is 4.65. The second-order valence-electron chi connectivity index (χ2n) is 9.62. The van der Waals surface area contributed by atoms with Gasteiger partial charge < -0.3 is 24.8 Å². The Bertz CT molecular complexity index is 1170. The highest BCUT2D eigenvalue weighted by Crippen LogP contribution is 2.25. The lowest BCUT2D eigenvalue weighted by Gasteiger charge is -2.34. The number of aromatic nitrogens is 1. The first kappa shape index (κ1) is 28.4. The Morgan fingerprint density at radius 1 is 1.08 bits per heavy atom. The predicted molar refractivity (Wildman–Crippen MR) is 141 cm³/mol. The summed E-state index contributed by atoms with van der Waals surface area (Å²) in [6.07, 6.45) is 0.219. The lowest BCUT2D eigenvalue weighted by Crippen LogP contribution is -2.48. The number of hydrogen-bond acceptors (Lipinski definition) is 7. The van der Waals surface area contributed by atoms with Crippen LogP contribution in [0.3, 0.4) is 0 Å². The summed E-state index contributed by atoms with van der Waals surface area (Å²) in [6, 6.07) is 16.7. The number of pyridine rings is 1. The van der Waals surface area contributed by atoms with Gasteiger partial charge in [0, 0.05) is 16.8 Å². The summed E-state index contributed by atoms with van der Waals surface area (Å²) in [5.41, 5.74) is 1.20. The van der Waals surface area contributed by atoms with Gasteiger partial charge in [0.2, 0.25) is 5.88 Å². The van der Waals surface area contributed by atoms with Crippen LogP contribution < -0.4 is 4.74 Å². The molecule has 0 aliphatic heterocycles. The van der Waals surface area contributed by atoms with Crippen LogP contribution in [0.15, 0.2) is 66.9 Å². The standard InChI is InChI=1S/C28H33ClN2O6/c1-28(2,3)37-27(35)31(16-25(34)20-6-4-8-22(29)15-20)23(18-33)14-19-9-11-24(12-10-19)36-26-21(17-32)7-5-13-30-26/h4-13,15,23,25,32-34H,14,16-18H2,1-3H3/t23-,25-/m0/s1. The molecule has 37 heavy (non-hydrogen) atoms. The van der Waals surface area contributed by atoms with Crippen molar-refractivity contribution in [2.24, 2.45) is 0 Å². The smallest absolute Gasteiger partial charge is 0.410 e. The van der Waals surface area contributed by atoms with E-state index in [4.69, 9.17) is 21.1 Å². The van der Waals surface area contributed by atoms with Gasteiger partial charge in [-0.05, 0) is 74.7 Å². The molecule has 0 saturated carbocycles. The minimum absolute atomic E-state index is 0.0920. The van der Waals surface area contributed by atoms with Crippen LogP contribution in [0.2, 0.25) is 5.02 Å². The van der Waals surface area contributed by atoms with Crippen molar-refractivity contribution in [3.05, 3.63) is 88.6 Å². The van der Waals surface area contributed by atoms with Gasteiger partial charge in [-0.2, -0.15) is 0 Å². The zero-order valence-corrected chi connectivity index (χ0v) is 21.9. The molecule has 0 radical (unpaired) electrons. The molecule has 3 aromatic rings. The topological polar surface area (TPSA) is 112 Å². The Balaban J connectivity index is 1.78. The van der Waals surface area contributed by atoms with Crippen LogP contribution in [-0.4, -0.2) is 56.1 Å². The van der Waals surface area contributed by atoms with Gasteiger partial charge in [-0.3, -0.25) is 4.90 Å². The largest absolute Gasteiger partial charge is 0.444 e. The molecule has 0 saturated heterocycles. The van der Waals surface area contributed by atoms with Gasteiger partial charge in [0.15, 0.2) is 0 Å². The first-order valence-electron chi connectivity index (χ1n) is 11.9. The molecule has 8 nitrogen and oxygen atoms in total. The number of hydrogen-bond donors (Lipinski definition) is 3. The second kappa shape index (κ2) is 12.9. The van der Waals surface area contributed by atoms with Crippen molar-refractivity contribution in [3.63, 3.8) is 0 Å². The van der Waals surface area contributed by atoms with Crippen LogP contribution in [-0.2, 0) is 17.8 Å². The van der Waals surface area contributed by atoms with Crippen LogP contribution in [0.4, 0.5) is 4.79 Å². The van der Waals surface area contributed by atoms with Crippen LogP contribution >= 0.6 is 11.6 Å². The highest BCUT2D eigenvalue weighted by Gasteiger charge is 2.30. The molecular weight excluding hydrogens is 496 g/mol. The lowest BCUT2D eigenvalue weighted by atomic mass is 10.0. The number of rotatable bonds is 10. The quantitative estimate of drug-likeness (QED) is 0.343. The first-order valence-corrected chi connectivity index (χ1v) is 12.3. The summed E-state index contributed by atoms with van der Waals surface area (Å²) in [5, 5.41) is 31.0. The molecular formula is C28H33ClN2O6. The Morgan fingerprint density at radius 3 is 2.43 bits per heavy atom. The SMILES string of the molecule is CC(C)(C)OC(=O)N(C[C@H](O)c1cccc(Cl)c1)[C@H](CO)Cc1ccc(Oc2ncccc2CO)cc1. The number of aliphatic hydroxyl groups is 3. The zero-order chi connectivity index (χ0) is 27.0. The normalized spacial score (nSPS) is 13.1. The fraction of sp³-hybridized carbons (Fsp3) is 0.357. The van der Waals surface area contributed by atoms with Gasteiger partial charge in [-0.15, -0.1) is 0 Å². The Hall–Kier alpha value is -3.17. The van der Waals surface area contributed by atoms with Crippen molar-refractivity contribution in [1.29, 1.82) is 0 Å². The fourth-order valence-corrected chi connectivity index (χ4v) is 3.88. The Morgan fingerprint density at radius 2 is 1.81 bits per heavy atom. The third-order valence-electron chi connectivity index (χ3n) is 5.51. The van der Waals surface area contributed by atoms with Crippen LogP contribution in [0, 0.1) is 0 Å². The number of halogens is 1. The van der Waals surface area contributed by atoms with Gasteiger partial charge in [-0.25, -0.2) is 9.78 Å². The average Bonchev–Trinajstić information content (AvgIpc) is 2.86. The minimum atomic E-state index is -1.03. The Kier molecular flexibility index (Phi) is 9.88. The van der Waals surface area contributed by atoms with Crippen molar-refractivity contribution in [1.82, 2.24) is 9.88 Å². The first-order chi connectivity index (χ1) is 17.6. The number of carbonyl (C=O) groups is 1. The molecule has 0 spiro atoms. The van der Waals surface area contributed by atoms with E-state index in [0.717, 1.165) is 5.56 Å². The monoisotopic (exact) mass is 528 g/mol. The van der Waals surface area contributed by atoms with E-state index < -0.39 is 23.8 Å². The molecule has 1 amide bonds. The molecule has 3 rings (SSSR count). The molecule has 9 heteroatoms. The van der Waals surface area contributed by atoms with Gasteiger partial charge in [0.25, 0.3) is 0 Å². The minimum Gasteiger partial charge on any atom is -0.444 e. The summed E-state index contributed by atoms with van der Waals surface area (Å²) in [5.74, 6) is 0.843. The third-order valence-corrected chi connectivity index (χ3v) is 5.75. The maximum absolute atomic E-state index is 13.1. The van der Waals surface area contributed by atoms with E-state index in [1.807, 2.05) is 12.1 Å². The van der Waals surface area contributed by atoms with Gasteiger partial charge in [0.1, 0.15) is 11.4 Å². The molecule has 198 valence electrons. The molecule has 0 unspecified atom stereocenters. The highest BCUT2D eigenvalue weighted by atomic mass is 35.5. The molecule has 0 fully saturated rings. The molecule has 0 aliphatic rings. The van der Waals surface area contributed by atoms with Crippen LogP contribution in [0.1, 0.15) is 43.6 Å². The maximum atomic E-state index is 13.1. The van der Waals surface area contributed by atoms with E-state index in [-0.39, 0.29) is 19.8 Å². The molecule has 0 aliphatic carbocycles. The van der Waals surface area contributed by atoms with Crippen LogP contribution in [0.25, 0.3) is 0 Å². The molecule has 2 aromatic carbocycles. The summed E-state index contributed by atoms with van der Waals surface area (Å²) in [4.78, 5) is 18.6. The summed E-state index contributed by atoms with van der Waals surface area (Å²) >= 11 is 6.07. The summed E-state index contributed by atoms with van der Waals surface area (Å²) in [7, 11) is 0. The van der Waals surface area contributed by atoms with Crippen molar-refractivity contribution in [3.8, 4) is 11.6 Å². The molecule has 1 aromatic heterocycles. The van der Waals surface area contributed by atoms with E-state index in [1.54, 1.807) is 75.5 Å². The number of benzene rings is 2. The average molecular weight is 529 g/mol. The van der Waals surface area contributed by atoms with Crippen molar-refractivity contribution in [2.75, 3.05) is 13.2 Å². The number of aliphatic hydroxyl groups excluding tert-OH is 3. The third kappa shape index (κ3) is 8.43. The van der Waals surface area contributed by atoms with Crippen molar-refractivity contribution >= 4 is 17.7 Å². The van der Waals surface area contributed by atoms with E-state index in [1.165, 1.54) is 4.90 Å². The fourth-order valence-electron chi connectivity index (χ4n) is 3.69. The summed E-state index contributed by atoms with van der Waals surface area (Å²) < 4.78 is 11.4. The van der Waals surface area contributed by atoms with Gasteiger partial charge in [0.05, 0.1) is 31.9 Å². The maximum Gasteiger partial charge on any atom is 0.410 e. The van der Waals surface area contributed by atoms with E-state index in [9.17, 15) is 20.1 Å². The Labute approximate surface area is 222 Å². The van der Waals surface area contributed by atoms with Crippen molar-refractivity contribution < 1.29 is 29.6 Å². The molecule has 3 N–H and O–H groups in total. The number of nitrogens with zero attached hydrogens (tertiary/aromatic N) is 2. The lowest BCUT2D eigenvalue weighted by molar-refractivity contribution is -0.00373. The number of amides is 1. The van der Waals surface area contributed by atoms with E-state index in [2.05, 4.69) is 4.98 Å². The van der Waals surface area contributed by atoms with Crippen LogP contribution in [0.5, 0.6) is 11.6 Å². The zero-order valence-electron chi connectivity index (χ0n) is 21.2. The highest BCUT2D eigenvalue weighted by molar-refractivity contribution is 6.30.